The summed E-state index contributed by atoms with van der Waals surface area (Å²) in [6.45, 7) is 1.55. The molecule has 0 radical (unpaired) electrons. The Morgan fingerprint density at radius 1 is 1.12 bits per heavy atom. The maximum atomic E-state index is 12.5. The lowest BCUT2D eigenvalue weighted by atomic mass is 10.0. The Morgan fingerprint density at radius 2 is 1.79 bits per heavy atom. The van der Waals surface area contributed by atoms with Crippen LogP contribution in [-0.2, 0) is 0 Å². The van der Waals surface area contributed by atoms with Crippen molar-refractivity contribution >= 4 is 29.1 Å². The molecule has 0 bridgehead atoms. The summed E-state index contributed by atoms with van der Waals surface area (Å²) >= 11 is 0. The van der Waals surface area contributed by atoms with E-state index in [2.05, 4.69) is 10.2 Å². The third kappa shape index (κ3) is 4.52. The number of carbonyl (C=O) groups is 1. The van der Waals surface area contributed by atoms with E-state index in [4.69, 9.17) is 9.47 Å². The summed E-state index contributed by atoms with van der Waals surface area (Å²) in [5.41, 5.74) is 0.493. The molecule has 1 amide bonds. The molecular weight excluding hydrogens is 328 g/mol. The van der Waals surface area contributed by atoms with Gasteiger partial charge in [0.15, 0.2) is 0 Å². The molecule has 1 N–H and O–H groups in total. The Hall–Kier alpha value is -1.98. The van der Waals surface area contributed by atoms with Crippen molar-refractivity contribution in [2.75, 3.05) is 41.4 Å². The molecule has 0 spiro atoms. The largest absolute Gasteiger partial charge is 0.496 e. The number of ether oxygens (including phenoxy) is 2. The van der Waals surface area contributed by atoms with Crippen LogP contribution in [0.3, 0.4) is 0 Å². The molecule has 0 aromatic heterocycles. The molecule has 6 heteroatoms. The number of amides is 1. The molecule has 2 aromatic rings. The second-order valence-electron chi connectivity index (χ2n) is 5.62. The summed E-state index contributed by atoms with van der Waals surface area (Å²) in [6.07, 6.45) is 0.895. The lowest BCUT2D eigenvalue weighted by Gasteiger charge is -2.15. The highest BCUT2D eigenvalue weighted by Gasteiger charge is 2.18. The van der Waals surface area contributed by atoms with Crippen LogP contribution in [0.15, 0.2) is 30.3 Å². The summed E-state index contributed by atoms with van der Waals surface area (Å²) in [5, 5.41) is 4.74. The third-order valence-electron chi connectivity index (χ3n) is 3.69. The first-order valence-corrected chi connectivity index (χ1v) is 7.65. The fourth-order valence-corrected chi connectivity index (χ4v) is 2.57. The zero-order valence-electron chi connectivity index (χ0n) is 14.6. The molecule has 0 saturated carbocycles. The molecule has 0 unspecified atom stereocenters. The van der Waals surface area contributed by atoms with Gasteiger partial charge in [0.05, 0.1) is 19.8 Å². The molecule has 0 heterocycles. The fourth-order valence-electron chi connectivity index (χ4n) is 2.57. The molecule has 0 aliphatic rings. The Bertz CT molecular complexity index is 689. The summed E-state index contributed by atoms with van der Waals surface area (Å²) < 4.78 is 10.9. The van der Waals surface area contributed by atoms with Gasteiger partial charge in [-0.3, -0.25) is 4.79 Å². The van der Waals surface area contributed by atoms with Gasteiger partial charge in [-0.05, 0) is 33.1 Å². The number of fused-ring (bicyclic) bond motifs is 1. The molecule has 0 aliphatic carbocycles. The van der Waals surface area contributed by atoms with Gasteiger partial charge in [0, 0.05) is 17.3 Å². The van der Waals surface area contributed by atoms with E-state index >= 15 is 0 Å². The molecule has 132 valence electrons. The van der Waals surface area contributed by atoms with E-state index < -0.39 is 0 Å². The van der Waals surface area contributed by atoms with Gasteiger partial charge in [0.2, 0.25) is 0 Å². The van der Waals surface area contributed by atoms with Crippen LogP contribution in [0.1, 0.15) is 16.8 Å². The van der Waals surface area contributed by atoms with Crippen molar-refractivity contribution in [3.05, 3.63) is 35.9 Å². The molecule has 0 saturated heterocycles. The maximum Gasteiger partial charge on any atom is 0.255 e. The molecular formula is C18H25ClN2O3. The Labute approximate surface area is 149 Å². The highest BCUT2D eigenvalue weighted by molar-refractivity contribution is 6.06. The number of methoxy groups -OCH3 is 2. The average Bonchev–Trinajstić information content (AvgIpc) is 2.56. The zero-order valence-corrected chi connectivity index (χ0v) is 15.4. The SMILES string of the molecule is COc1cc(C(=O)NCCCN(C)C)c(OC)c2ccccc12.Cl. The first-order chi connectivity index (χ1) is 11.1. The zero-order chi connectivity index (χ0) is 16.8. The van der Waals surface area contributed by atoms with Gasteiger partial charge in [0.1, 0.15) is 11.5 Å². The number of hydrogen-bond acceptors (Lipinski definition) is 4. The third-order valence-corrected chi connectivity index (χ3v) is 3.69. The van der Waals surface area contributed by atoms with Crippen molar-refractivity contribution in [2.45, 2.75) is 6.42 Å². The number of benzene rings is 2. The van der Waals surface area contributed by atoms with E-state index in [0.29, 0.717) is 23.6 Å². The average molecular weight is 353 g/mol. The van der Waals surface area contributed by atoms with Gasteiger partial charge in [-0.15, -0.1) is 12.4 Å². The highest BCUT2D eigenvalue weighted by Crippen LogP contribution is 2.36. The maximum absolute atomic E-state index is 12.5. The van der Waals surface area contributed by atoms with Crippen LogP contribution in [-0.4, -0.2) is 52.2 Å². The predicted molar refractivity (Wildman–Crippen MR) is 99.8 cm³/mol. The van der Waals surface area contributed by atoms with E-state index in [0.717, 1.165) is 23.7 Å². The monoisotopic (exact) mass is 352 g/mol. The van der Waals surface area contributed by atoms with Crippen molar-refractivity contribution in [1.82, 2.24) is 10.2 Å². The van der Waals surface area contributed by atoms with Crippen molar-refractivity contribution in [3.8, 4) is 11.5 Å². The van der Waals surface area contributed by atoms with Gasteiger partial charge >= 0.3 is 0 Å². The summed E-state index contributed by atoms with van der Waals surface area (Å²) in [7, 11) is 7.21. The normalized spacial score (nSPS) is 10.4. The lowest BCUT2D eigenvalue weighted by Crippen LogP contribution is -2.27. The minimum Gasteiger partial charge on any atom is -0.496 e. The second-order valence-corrected chi connectivity index (χ2v) is 5.62. The van der Waals surface area contributed by atoms with Crippen molar-refractivity contribution in [3.63, 3.8) is 0 Å². The van der Waals surface area contributed by atoms with Gasteiger partial charge in [0.25, 0.3) is 5.91 Å². The molecule has 0 aliphatic heterocycles. The van der Waals surface area contributed by atoms with Crippen LogP contribution >= 0.6 is 12.4 Å². The fraction of sp³-hybridized carbons (Fsp3) is 0.389. The van der Waals surface area contributed by atoms with Crippen LogP contribution in [0.2, 0.25) is 0 Å². The number of hydrogen-bond donors (Lipinski definition) is 1. The predicted octanol–water partition coefficient (Wildman–Crippen LogP) is 2.96. The van der Waals surface area contributed by atoms with E-state index in [9.17, 15) is 4.79 Å². The minimum atomic E-state index is -0.148. The van der Waals surface area contributed by atoms with Crippen molar-refractivity contribution in [1.29, 1.82) is 0 Å². The van der Waals surface area contributed by atoms with E-state index in [1.165, 1.54) is 0 Å². The van der Waals surface area contributed by atoms with Gasteiger partial charge in [-0.1, -0.05) is 24.3 Å². The van der Waals surface area contributed by atoms with Crippen LogP contribution in [0.5, 0.6) is 11.5 Å². The number of nitrogens with zero attached hydrogens (tertiary/aromatic N) is 1. The summed E-state index contributed by atoms with van der Waals surface area (Å²) in [5.74, 6) is 1.09. The molecule has 0 fully saturated rings. The Morgan fingerprint density at radius 3 is 2.38 bits per heavy atom. The molecule has 2 aromatic carbocycles. The van der Waals surface area contributed by atoms with Crippen molar-refractivity contribution in [2.24, 2.45) is 0 Å². The highest BCUT2D eigenvalue weighted by atomic mass is 35.5. The van der Waals surface area contributed by atoms with Crippen LogP contribution in [0, 0.1) is 0 Å². The quantitative estimate of drug-likeness (QED) is 0.778. The van der Waals surface area contributed by atoms with Crippen molar-refractivity contribution < 1.29 is 14.3 Å². The van der Waals surface area contributed by atoms with Crippen LogP contribution in [0.25, 0.3) is 10.8 Å². The summed E-state index contributed by atoms with van der Waals surface area (Å²) in [6, 6.07) is 9.48. The topological polar surface area (TPSA) is 50.8 Å². The summed E-state index contributed by atoms with van der Waals surface area (Å²) in [4.78, 5) is 14.6. The second kappa shape index (κ2) is 9.35. The van der Waals surface area contributed by atoms with Crippen LogP contribution < -0.4 is 14.8 Å². The molecule has 0 atom stereocenters. The van der Waals surface area contributed by atoms with E-state index in [-0.39, 0.29) is 18.3 Å². The number of carbonyl (C=O) groups excluding carboxylic acids is 1. The Kier molecular flexibility index (Phi) is 7.82. The number of halogens is 1. The minimum absolute atomic E-state index is 0. The Balaban J connectivity index is 0.00000288. The van der Waals surface area contributed by atoms with E-state index in [1.807, 2.05) is 38.4 Å². The van der Waals surface area contributed by atoms with E-state index in [1.54, 1.807) is 20.3 Å². The van der Waals surface area contributed by atoms with Gasteiger partial charge in [-0.2, -0.15) is 0 Å². The molecule has 2 rings (SSSR count). The first kappa shape index (κ1) is 20.1. The van der Waals surface area contributed by atoms with Crippen LogP contribution in [0.4, 0.5) is 0 Å². The molecule has 24 heavy (non-hydrogen) atoms. The first-order valence-electron chi connectivity index (χ1n) is 7.65. The lowest BCUT2D eigenvalue weighted by molar-refractivity contribution is 0.0949. The number of rotatable bonds is 7. The van der Waals surface area contributed by atoms with Gasteiger partial charge < -0.3 is 19.7 Å². The van der Waals surface area contributed by atoms with Gasteiger partial charge in [-0.25, -0.2) is 0 Å². The number of nitrogens with one attached hydrogen (secondary N) is 1. The standard InChI is InChI=1S/C18H24N2O3.ClH/c1-20(2)11-7-10-19-18(21)15-12-16(22-3)13-8-5-6-9-14(13)17(15)23-4;/h5-6,8-9,12H,7,10-11H2,1-4H3,(H,19,21);1H. The smallest absolute Gasteiger partial charge is 0.255 e. The molecule has 5 nitrogen and oxygen atoms in total.